The average molecular weight is 391 g/mol. The minimum absolute atomic E-state index is 0.136. The summed E-state index contributed by atoms with van der Waals surface area (Å²) < 4.78 is 5.67. The molecule has 2 rings (SSSR count). The van der Waals surface area contributed by atoms with Crippen LogP contribution in [-0.4, -0.2) is 66.2 Å². The third-order valence-corrected chi connectivity index (χ3v) is 5.72. The van der Waals surface area contributed by atoms with Crippen molar-refractivity contribution in [3.05, 3.63) is 35.6 Å². The normalized spacial score (nSPS) is 25.9. The highest BCUT2D eigenvalue weighted by Gasteiger charge is 2.29. The standard InChI is InChI=1S/C23H38N2O3/c1-4-6-12-24(13-8-14-26)23(27)18-25-17-20(16-19(25)3)9-7-10-22-21(5-2)11-15-28-22/h5,7,9-10,19-20,26H,4,6,8,11-18H2,1-3H3/b9-7+,21-5-,22-10+. The lowest BCUT2D eigenvalue weighted by Gasteiger charge is -2.27. The van der Waals surface area contributed by atoms with Gasteiger partial charge in [0.05, 0.1) is 13.2 Å². The summed E-state index contributed by atoms with van der Waals surface area (Å²) in [6.07, 6.45) is 13.4. The fourth-order valence-electron chi connectivity index (χ4n) is 3.98. The van der Waals surface area contributed by atoms with Gasteiger partial charge in [0.25, 0.3) is 0 Å². The summed E-state index contributed by atoms with van der Waals surface area (Å²) in [7, 11) is 0. The first-order valence-electron chi connectivity index (χ1n) is 10.9. The van der Waals surface area contributed by atoms with E-state index in [9.17, 15) is 4.79 Å². The van der Waals surface area contributed by atoms with Crippen LogP contribution >= 0.6 is 0 Å². The van der Waals surface area contributed by atoms with Crippen molar-refractivity contribution in [2.75, 3.05) is 39.4 Å². The minimum Gasteiger partial charge on any atom is -0.493 e. The van der Waals surface area contributed by atoms with E-state index < -0.39 is 0 Å². The van der Waals surface area contributed by atoms with Crippen molar-refractivity contribution in [2.24, 2.45) is 5.92 Å². The van der Waals surface area contributed by atoms with E-state index in [1.165, 1.54) is 5.57 Å². The molecule has 28 heavy (non-hydrogen) atoms. The van der Waals surface area contributed by atoms with Gasteiger partial charge in [0, 0.05) is 38.7 Å². The summed E-state index contributed by atoms with van der Waals surface area (Å²) in [5.74, 6) is 1.65. The maximum atomic E-state index is 12.8. The van der Waals surface area contributed by atoms with Crippen LogP contribution in [0.1, 0.15) is 52.9 Å². The molecule has 2 atom stereocenters. The third kappa shape index (κ3) is 6.78. The molecule has 5 nitrogen and oxygen atoms in total. The molecule has 2 aliphatic rings. The Kier molecular flexibility index (Phi) is 9.79. The predicted octanol–water partition coefficient (Wildman–Crippen LogP) is 3.51. The van der Waals surface area contributed by atoms with E-state index in [0.717, 1.165) is 51.1 Å². The number of amides is 1. The van der Waals surface area contributed by atoms with E-state index in [1.807, 2.05) is 4.90 Å². The lowest BCUT2D eigenvalue weighted by atomic mass is 10.1. The summed E-state index contributed by atoms with van der Waals surface area (Å²) in [6, 6.07) is 0.408. The molecule has 0 aromatic rings. The van der Waals surface area contributed by atoms with Crippen molar-refractivity contribution < 1.29 is 14.6 Å². The molecular formula is C23H38N2O3. The number of hydrogen-bond acceptors (Lipinski definition) is 4. The van der Waals surface area contributed by atoms with Crippen molar-refractivity contribution in [2.45, 2.75) is 58.9 Å². The van der Waals surface area contributed by atoms with Crippen molar-refractivity contribution in [1.29, 1.82) is 0 Å². The van der Waals surface area contributed by atoms with Gasteiger partial charge in [0.15, 0.2) is 0 Å². The van der Waals surface area contributed by atoms with Gasteiger partial charge < -0.3 is 14.7 Å². The Labute approximate surface area is 170 Å². The number of nitrogens with zero attached hydrogens (tertiary/aromatic N) is 2. The lowest BCUT2D eigenvalue weighted by Crippen LogP contribution is -2.42. The fourth-order valence-corrected chi connectivity index (χ4v) is 3.98. The van der Waals surface area contributed by atoms with Gasteiger partial charge in [-0.25, -0.2) is 0 Å². The molecule has 2 heterocycles. The summed E-state index contributed by atoms with van der Waals surface area (Å²) in [4.78, 5) is 17.0. The van der Waals surface area contributed by atoms with Gasteiger partial charge in [-0.3, -0.25) is 9.69 Å². The van der Waals surface area contributed by atoms with Crippen LogP contribution in [0.15, 0.2) is 35.6 Å². The third-order valence-electron chi connectivity index (χ3n) is 5.72. The Balaban J connectivity index is 1.87. The molecule has 0 bridgehead atoms. The van der Waals surface area contributed by atoms with E-state index in [-0.39, 0.29) is 12.5 Å². The Morgan fingerprint density at radius 2 is 2.14 bits per heavy atom. The zero-order chi connectivity index (χ0) is 20.4. The number of allylic oxidation sites excluding steroid dienone is 4. The Bertz CT molecular complexity index is 574. The molecule has 0 spiro atoms. The van der Waals surface area contributed by atoms with Gasteiger partial charge in [-0.2, -0.15) is 0 Å². The summed E-state index contributed by atoms with van der Waals surface area (Å²) >= 11 is 0. The minimum atomic E-state index is 0.136. The lowest BCUT2D eigenvalue weighted by molar-refractivity contribution is -0.132. The Hall–Kier alpha value is -1.59. The monoisotopic (exact) mass is 390 g/mol. The highest BCUT2D eigenvalue weighted by atomic mass is 16.5. The second-order valence-corrected chi connectivity index (χ2v) is 7.91. The van der Waals surface area contributed by atoms with E-state index in [0.29, 0.717) is 31.5 Å². The van der Waals surface area contributed by atoms with E-state index in [1.54, 1.807) is 0 Å². The number of hydrogen-bond donors (Lipinski definition) is 1. The first-order valence-corrected chi connectivity index (χ1v) is 10.9. The Morgan fingerprint density at radius 1 is 1.36 bits per heavy atom. The van der Waals surface area contributed by atoms with Crippen LogP contribution in [0.2, 0.25) is 0 Å². The highest BCUT2D eigenvalue weighted by Crippen LogP contribution is 2.26. The van der Waals surface area contributed by atoms with Gasteiger partial charge in [0.1, 0.15) is 5.76 Å². The van der Waals surface area contributed by atoms with Gasteiger partial charge in [0.2, 0.25) is 5.91 Å². The van der Waals surface area contributed by atoms with Crippen molar-refractivity contribution in [3.8, 4) is 0 Å². The van der Waals surface area contributed by atoms with E-state index in [4.69, 9.17) is 9.84 Å². The van der Waals surface area contributed by atoms with Crippen LogP contribution in [-0.2, 0) is 9.53 Å². The molecule has 0 aromatic carbocycles. The van der Waals surface area contributed by atoms with E-state index in [2.05, 4.69) is 50.0 Å². The number of aliphatic hydroxyl groups is 1. The predicted molar refractivity (Wildman–Crippen MR) is 114 cm³/mol. The zero-order valence-corrected chi connectivity index (χ0v) is 17.9. The SMILES string of the molecule is C/C=C1/CCO/C1=C/C=C/C1CC(C)N(CC(=O)N(CCCC)CCCO)C1. The first-order chi connectivity index (χ1) is 13.6. The fraction of sp³-hybridized carbons (Fsp3) is 0.696. The maximum absolute atomic E-state index is 12.8. The molecule has 1 N–H and O–H groups in total. The summed E-state index contributed by atoms with van der Waals surface area (Å²) in [5, 5.41) is 9.10. The van der Waals surface area contributed by atoms with Crippen LogP contribution in [0.4, 0.5) is 0 Å². The number of aliphatic hydroxyl groups excluding tert-OH is 1. The van der Waals surface area contributed by atoms with Crippen LogP contribution in [0.25, 0.3) is 0 Å². The summed E-state index contributed by atoms with van der Waals surface area (Å²) in [5.41, 5.74) is 1.28. The number of carbonyl (C=O) groups is 1. The molecule has 158 valence electrons. The topological polar surface area (TPSA) is 53.0 Å². The quantitative estimate of drug-likeness (QED) is 0.620. The molecule has 2 aliphatic heterocycles. The number of rotatable bonds is 10. The van der Waals surface area contributed by atoms with Crippen molar-refractivity contribution in [3.63, 3.8) is 0 Å². The van der Waals surface area contributed by atoms with Crippen LogP contribution in [0.3, 0.4) is 0 Å². The van der Waals surface area contributed by atoms with Gasteiger partial charge in [-0.15, -0.1) is 0 Å². The molecule has 2 unspecified atom stereocenters. The van der Waals surface area contributed by atoms with Gasteiger partial charge in [-0.05, 0) is 50.7 Å². The number of carbonyl (C=O) groups excluding carboxylic acids is 1. The average Bonchev–Trinajstić information content (AvgIpc) is 3.28. The molecular weight excluding hydrogens is 352 g/mol. The van der Waals surface area contributed by atoms with E-state index >= 15 is 0 Å². The zero-order valence-electron chi connectivity index (χ0n) is 17.9. The highest BCUT2D eigenvalue weighted by molar-refractivity contribution is 5.78. The molecule has 0 aromatic heterocycles. The van der Waals surface area contributed by atoms with Crippen LogP contribution in [0, 0.1) is 5.92 Å². The summed E-state index contributed by atoms with van der Waals surface area (Å²) in [6.45, 7) is 10.2. The molecule has 2 saturated heterocycles. The second kappa shape index (κ2) is 12.1. The molecule has 0 aliphatic carbocycles. The maximum Gasteiger partial charge on any atom is 0.236 e. The van der Waals surface area contributed by atoms with Crippen molar-refractivity contribution in [1.82, 2.24) is 9.80 Å². The number of ether oxygens (including phenoxy) is 1. The molecule has 0 saturated carbocycles. The number of unbranched alkanes of at least 4 members (excludes halogenated alkanes) is 1. The Morgan fingerprint density at radius 3 is 2.86 bits per heavy atom. The molecule has 5 heteroatoms. The van der Waals surface area contributed by atoms with Gasteiger partial charge >= 0.3 is 0 Å². The molecule has 1 amide bonds. The second-order valence-electron chi connectivity index (χ2n) is 7.91. The smallest absolute Gasteiger partial charge is 0.236 e. The first kappa shape index (κ1) is 22.7. The van der Waals surface area contributed by atoms with Crippen molar-refractivity contribution >= 4 is 5.91 Å². The molecule has 0 radical (unpaired) electrons. The molecule has 2 fully saturated rings. The number of likely N-dealkylation sites (tertiary alicyclic amines) is 1. The largest absolute Gasteiger partial charge is 0.493 e. The van der Waals surface area contributed by atoms with Gasteiger partial charge in [-0.1, -0.05) is 31.6 Å². The van der Waals surface area contributed by atoms with Crippen LogP contribution < -0.4 is 0 Å². The van der Waals surface area contributed by atoms with Crippen LogP contribution in [0.5, 0.6) is 0 Å².